The van der Waals surface area contributed by atoms with Crippen LogP contribution in [-0.2, 0) is 19.9 Å². The van der Waals surface area contributed by atoms with E-state index in [4.69, 9.17) is 5.10 Å². The maximum absolute atomic E-state index is 4.71. The average Bonchev–Trinajstić information content (AvgIpc) is 3.23. The Morgan fingerprint density at radius 3 is 2.74 bits per heavy atom. The Morgan fingerprint density at radius 1 is 1.13 bits per heavy atom. The maximum Gasteiger partial charge on any atom is 0.131 e. The predicted molar refractivity (Wildman–Crippen MR) is 87.1 cm³/mol. The fourth-order valence-electron chi connectivity index (χ4n) is 4.81. The molecule has 0 saturated carbocycles. The fourth-order valence-corrected chi connectivity index (χ4v) is 4.81. The van der Waals surface area contributed by atoms with Gasteiger partial charge in [-0.2, -0.15) is 5.10 Å². The molecule has 2 bridgehead atoms. The monoisotopic (exact) mass is 312 g/mol. The highest BCUT2D eigenvalue weighted by Gasteiger charge is 2.35. The molecule has 2 saturated heterocycles. The van der Waals surface area contributed by atoms with Gasteiger partial charge in [-0.05, 0) is 51.4 Å². The van der Waals surface area contributed by atoms with Crippen molar-refractivity contribution in [1.82, 2.24) is 30.1 Å². The quantitative estimate of drug-likeness (QED) is 0.921. The van der Waals surface area contributed by atoms with E-state index in [9.17, 15) is 0 Å². The van der Waals surface area contributed by atoms with Crippen LogP contribution in [0.15, 0.2) is 6.20 Å². The van der Waals surface area contributed by atoms with Crippen LogP contribution in [0.3, 0.4) is 0 Å². The van der Waals surface area contributed by atoms with Crippen molar-refractivity contribution in [2.24, 2.45) is 7.05 Å². The van der Waals surface area contributed by atoms with E-state index in [1.165, 1.54) is 55.5 Å². The largest absolute Gasteiger partial charge is 0.311 e. The third-order valence-corrected chi connectivity index (χ3v) is 5.89. The fraction of sp³-hybridized carbons (Fsp3) is 0.706. The summed E-state index contributed by atoms with van der Waals surface area (Å²) < 4.78 is 4.13. The molecule has 6 heteroatoms. The summed E-state index contributed by atoms with van der Waals surface area (Å²) in [5, 5.41) is 17.4. The summed E-state index contributed by atoms with van der Waals surface area (Å²) in [5.74, 6) is 0. The summed E-state index contributed by atoms with van der Waals surface area (Å²) >= 11 is 0. The first-order valence-corrected chi connectivity index (χ1v) is 9.01. The molecule has 1 aliphatic carbocycles. The molecular formula is C17H24N6. The first-order valence-electron chi connectivity index (χ1n) is 9.01. The Labute approximate surface area is 136 Å². The highest BCUT2D eigenvalue weighted by molar-refractivity contribution is 5.60. The standard InChI is InChI=1S/C17H24N6/c1-22-17(14-4-2-3-5-15(14)20-22)16-10-23(21-19-16)13-8-11-6-7-12(9-13)18-11/h10-13,18H,2-9H2,1H3. The van der Waals surface area contributed by atoms with Gasteiger partial charge in [0, 0.05) is 24.7 Å². The minimum Gasteiger partial charge on any atom is -0.311 e. The van der Waals surface area contributed by atoms with Gasteiger partial charge in [0.05, 0.1) is 23.6 Å². The van der Waals surface area contributed by atoms with Crippen molar-refractivity contribution in [2.75, 3.05) is 0 Å². The lowest BCUT2D eigenvalue weighted by Crippen LogP contribution is -2.39. The van der Waals surface area contributed by atoms with Crippen LogP contribution in [-0.4, -0.2) is 36.9 Å². The number of fused-ring (bicyclic) bond motifs is 3. The number of aromatic nitrogens is 5. The van der Waals surface area contributed by atoms with Crippen LogP contribution in [0.2, 0.25) is 0 Å². The zero-order valence-electron chi connectivity index (χ0n) is 13.7. The van der Waals surface area contributed by atoms with E-state index in [1.54, 1.807) is 0 Å². The maximum atomic E-state index is 4.71. The smallest absolute Gasteiger partial charge is 0.131 e. The summed E-state index contributed by atoms with van der Waals surface area (Å²) in [4.78, 5) is 0. The number of hydrogen-bond acceptors (Lipinski definition) is 4. The molecule has 2 aliphatic heterocycles. The summed E-state index contributed by atoms with van der Waals surface area (Å²) in [6.07, 6.45) is 11.9. The molecule has 0 radical (unpaired) electrons. The van der Waals surface area contributed by atoms with Crippen LogP contribution in [0.4, 0.5) is 0 Å². The summed E-state index contributed by atoms with van der Waals surface area (Å²) in [5.41, 5.74) is 4.84. The van der Waals surface area contributed by atoms with Crippen LogP contribution < -0.4 is 5.32 Å². The van der Waals surface area contributed by atoms with E-state index in [0.29, 0.717) is 18.1 Å². The number of hydrogen-bond donors (Lipinski definition) is 1. The van der Waals surface area contributed by atoms with Gasteiger partial charge in [0.1, 0.15) is 5.69 Å². The van der Waals surface area contributed by atoms with E-state index in [1.807, 2.05) is 11.7 Å². The Bertz CT molecular complexity index is 718. The molecular weight excluding hydrogens is 288 g/mol. The van der Waals surface area contributed by atoms with Crippen molar-refractivity contribution >= 4 is 0 Å². The highest BCUT2D eigenvalue weighted by Crippen LogP contribution is 2.35. The molecule has 5 rings (SSSR count). The second-order valence-corrected chi connectivity index (χ2v) is 7.45. The molecule has 2 fully saturated rings. The van der Waals surface area contributed by atoms with E-state index in [-0.39, 0.29) is 0 Å². The minimum absolute atomic E-state index is 0.499. The summed E-state index contributed by atoms with van der Waals surface area (Å²) in [6.45, 7) is 0. The van der Waals surface area contributed by atoms with Gasteiger partial charge in [-0.15, -0.1) is 5.10 Å². The second kappa shape index (κ2) is 5.16. The van der Waals surface area contributed by atoms with Gasteiger partial charge < -0.3 is 5.32 Å². The van der Waals surface area contributed by atoms with E-state index < -0.39 is 0 Å². The molecule has 3 aliphatic rings. The third-order valence-electron chi connectivity index (χ3n) is 5.89. The molecule has 1 N–H and O–H groups in total. The zero-order chi connectivity index (χ0) is 15.4. The summed E-state index contributed by atoms with van der Waals surface area (Å²) in [6, 6.07) is 1.85. The van der Waals surface area contributed by atoms with Gasteiger partial charge in [0.15, 0.2) is 0 Å². The lowest BCUT2D eigenvalue weighted by Gasteiger charge is -2.28. The van der Waals surface area contributed by atoms with E-state index in [2.05, 4.69) is 26.5 Å². The number of piperidine rings is 1. The molecule has 0 amide bonds. The van der Waals surface area contributed by atoms with Gasteiger partial charge in [-0.1, -0.05) is 5.21 Å². The molecule has 2 aromatic rings. The van der Waals surface area contributed by atoms with Crippen LogP contribution in [0.1, 0.15) is 55.8 Å². The van der Waals surface area contributed by atoms with Crippen LogP contribution in [0.5, 0.6) is 0 Å². The van der Waals surface area contributed by atoms with Crippen LogP contribution in [0.25, 0.3) is 11.4 Å². The molecule has 6 nitrogen and oxygen atoms in total. The third kappa shape index (κ3) is 2.23. The van der Waals surface area contributed by atoms with E-state index >= 15 is 0 Å². The molecule has 2 aromatic heterocycles. The molecule has 4 heterocycles. The van der Waals surface area contributed by atoms with Crippen molar-refractivity contribution < 1.29 is 0 Å². The number of nitrogens with one attached hydrogen (secondary N) is 1. The van der Waals surface area contributed by atoms with Crippen molar-refractivity contribution in [3.05, 3.63) is 17.5 Å². The predicted octanol–water partition coefficient (Wildman–Crippen LogP) is 2.01. The SMILES string of the molecule is Cn1nc2c(c1-c1cn(C3CC4CCC(C3)N4)nn1)CCCC2. The first kappa shape index (κ1) is 13.7. The lowest BCUT2D eigenvalue weighted by molar-refractivity contribution is 0.278. The van der Waals surface area contributed by atoms with Crippen LogP contribution in [0, 0.1) is 0 Å². The average molecular weight is 312 g/mol. The van der Waals surface area contributed by atoms with Gasteiger partial charge in [0.2, 0.25) is 0 Å². The van der Waals surface area contributed by atoms with Gasteiger partial charge in [0.25, 0.3) is 0 Å². The molecule has 0 spiro atoms. The Kier molecular flexibility index (Phi) is 3.08. The Balaban J connectivity index is 1.47. The minimum atomic E-state index is 0.499. The zero-order valence-corrected chi connectivity index (χ0v) is 13.7. The second-order valence-electron chi connectivity index (χ2n) is 7.45. The van der Waals surface area contributed by atoms with Crippen molar-refractivity contribution in [1.29, 1.82) is 0 Å². The number of nitrogens with zero attached hydrogens (tertiary/aromatic N) is 5. The molecule has 122 valence electrons. The molecule has 23 heavy (non-hydrogen) atoms. The highest BCUT2D eigenvalue weighted by atomic mass is 15.4. The normalized spacial score (nSPS) is 29.7. The van der Waals surface area contributed by atoms with Gasteiger partial charge in [-0.3, -0.25) is 4.68 Å². The number of rotatable bonds is 2. The molecule has 2 unspecified atom stereocenters. The first-order chi connectivity index (χ1) is 11.3. The Hall–Kier alpha value is -1.69. The van der Waals surface area contributed by atoms with Crippen LogP contribution >= 0.6 is 0 Å². The molecule has 0 aromatic carbocycles. The number of aryl methyl sites for hydroxylation is 2. The van der Waals surface area contributed by atoms with Gasteiger partial charge >= 0.3 is 0 Å². The van der Waals surface area contributed by atoms with Crippen molar-refractivity contribution in [3.8, 4) is 11.4 Å². The molecule has 2 atom stereocenters. The lowest BCUT2D eigenvalue weighted by atomic mass is 9.95. The van der Waals surface area contributed by atoms with Crippen molar-refractivity contribution in [2.45, 2.75) is 69.5 Å². The summed E-state index contributed by atoms with van der Waals surface area (Å²) in [7, 11) is 2.04. The van der Waals surface area contributed by atoms with Gasteiger partial charge in [-0.25, -0.2) is 4.68 Å². The van der Waals surface area contributed by atoms with Crippen molar-refractivity contribution in [3.63, 3.8) is 0 Å². The topological polar surface area (TPSA) is 60.6 Å². The Morgan fingerprint density at radius 2 is 1.91 bits per heavy atom. The van der Waals surface area contributed by atoms with E-state index in [0.717, 1.165) is 18.5 Å².